The highest BCUT2D eigenvalue weighted by Crippen LogP contribution is 2.26. The second-order valence-corrected chi connectivity index (χ2v) is 6.51. The maximum atomic E-state index is 5.39. The Morgan fingerprint density at radius 1 is 1.41 bits per heavy atom. The van der Waals surface area contributed by atoms with Crippen LogP contribution < -0.4 is 5.32 Å². The fraction of sp³-hybridized carbons (Fsp3) is 0.714. The van der Waals surface area contributed by atoms with E-state index in [1.807, 2.05) is 11.3 Å². The van der Waals surface area contributed by atoms with Crippen LogP contribution in [0, 0.1) is 19.8 Å². The van der Waals surface area contributed by atoms with Crippen LogP contribution in [0.3, 0.4) is 0 Å². The van der Waals surface area contributed by atoms with Gasteiger partial charge in [0.15, 0.2) is 0 Å². The molecule has 0 saturated carbocycles. The van der Waals surface area contributed by atoms with E-state index < -0.39 is 0 Å². The summed E-state index contributed by atoms with van der Waals surface area (Å²) < 4.78 is 5.39. The zero-order chi connectivity index (χ0) is 12.3. The Morgan fingerprint density at radius 3 is 2.71 bits per heavy atom. The van der Waals surface area contributed by atoms with Crippen molar-refractivity contribution in [2.24, 2.45) is 5.92 Å². The fourth-order valence-corrected chi connectivity index (χ4v) is 3.51. The van der Waals surface area contributed by atoms with Gasteiger partial charge >= 0.3 is 0 Å². The van der Waals surface area contributed by atoms with Gasteiger partial charge < -0.3 is 10.1 Å². The third-order valence-corrected chi connectivity index (χ3v) is 4.58. The molecule has 2 nitrogen and oxygen atoms in total. The average Bonchev–Trinajstić information content (AvgIpc) is 2.67. The highest BCUT2D eigenvalue weighted by Gasteiger charge is 2.16. The lowest BCUT2D eigenvalue weighted by Gasteiger charge is -2.24. The summed E-state index contributed by atoms with van der Waals surface area (Å²) in [4.78, 5) is 2.87. The van der Waals surface area contributed by atoms with Crippen LogP contribution in [0.2, 0.25) is 0 Å². The number of hydrogen-bond donors (Lipinski definition) is 1. The van der Waals surface area contributed by atoms with Crippen molar-refractivity contribution >= 4 is 11.3 Å². The van der Waals surface area contributed by atoms with Gasteiger partial charge in [-0.2, -0.15) is 0 Å². The molecule has 1 atom stereocenters. The first-order valence-electron chi connectivity index (χ1n) is 6.55. The maximum Gasteiger partial charge on any atom is 0.0469 e. The highest BCUT2D eigenvalue weighted by atomic mass is 32.1. The van der Waals surface area contributed by atoms with E-state index in [0.717, 1.165) is 25.7 Å². The molecule has 1 aliphatic rings. The van der Waals surface area contributed by atoms with E-state index in [1.165, 1.54) is 28.2 Å². The van der Waals surface area contributed by atoms with E-state index in [2.05, 4.69) is 32.2 Å². The minimum Gasteiger partial charge on any atom is -0.381 e. The van der Waals surface area contributed by atoms with E-state index in [9.17, 15) is 0 Å². The number of nitrogens with one attached hydrogen (secondary N) is 1. The lowest BCUT2D eigenvalue weighted by atomic mass is 9.99. The molecule has 0 radical (unpaired) electrons. The van der Waals surface area contributed by atoms with Crippen LogP contribution in [0.5, 0.6) is 0 Å². The molecule has 3 heteroatoms. The van der Waals surface area contributed by atoms with Crippen LogP contribution in [0.4, 0.5) is 0 Å². The third kappa shape index (κ3) is 3.54. The van der Waals surface area contributed by atoms with Crippen molar-refractivity contribution < 1.29 is 4.74 Å². The van der Waals surface area contributed by atoms with Gasteiger partial charge in [0.25, 0.3) is 0 Å². The molecule has 0 aliphatic carbocycles. The number of hydrogen-bond acceptors (Lipinski definition) is 3. The highest BCUT2D eigenvalue weighted by molar-refractivity contribution is 7.12. The Kier molecular flexibility index (Phi) is 4.60. The van der Waals surface area contributed by atoms with Gasteiger partial charge in [-0.3, -0.25) is 0 Å². The summed E-state index contributed by atoms with van der Waals surface area (Å²) in [6, 6.07) is 2.80. The average molecular weight is 253 g/mol. The molecule has 1 fully saturated rings. The summed E-state index contributed by atoms with van der Waals surface area (Å²) in [6.45, 7) is 9.69. The van der Waals surface area contributed by atoms with Crippen LogP contribution in [-0.2, 0) is 4.74 Å². The van der Waals surface area contributed by atoms with Crippen LogP contribution >= 0.6 is 11.3 Å². The molecule has 0 amide bonds. The fourth-order valence-electron chi connectivity index (χ4n) is 2.48. The maximum absolute atomic E-state index is 5.39. The van der Waals surface area contributed by atoms with Gasteiger partial charge in [0.2, 0.25) is 0 Å². The molecule has 2 rings (SSSR count). The second-order valence-electron chi connectivity index (χ2n) is 5.05. The Hall–Kier alpha value is -0.380. The van der Waals surface area contributed by atoms with Gasteiger partial charge in [-0.1, -0.05) is 0 Å². The predicted molar refractivity (Wildman–Crippen MR) is 73.8 cm³/mol. The van der Waals surface area contributed by atoms with Crippen molar-refractivity contribution in [1.82, 2.24) is 5.32 Å². The molecule has 0 aromatic carbocycles. The molecule has 1 aliphatic heterocycles. The van der Waals surface area contributed by atoms with Crippen LogP contribution in [-0.4, -0.2) is 19.8 Å². The first kappa shape index (κ1) is 13.1. The van der Waals surface area contributed by atoms with Crippen molar-refractivity contribution in [3.05, 3.63) is 21.4 Å². The molecule has 1 unspecified atom stereocenters. The molecule has 17 heavy (non-hydrogen) atoms. The normalized spacial score (nSPS) is 19.5. The largest absolute Gasteiger partial charge is 0.381 e. The van der Waals surface area contributed by atoms with Crippen LogP contribution in [0.1, 0.15) is 41.1 Å². The molecule has 0 spiro atoms. The van der Waals surface area contributed by atoms with E-state index in [-0.39, 0.29) is 0 Å². The molecule has 1 aromatic rings. The number of aryl methyl sites for hydroxylation is 2. The smallest absolute Gasteiger partial charge is 0.0469 e. The molecule has 1 N–H and O–H groups in total. The lowest BCUT2D eigenvalue weighted by Crippen LogP contribution is -2.29. The Balaban J connectivity index is 1.84. The van der Waals surface area contributed by atoms with E-state index in [4.69, 9.17) is 4.74 Å². The van der Waals surface area contributed by atoms with Gasteiger partial charge in [-0.25, -0.2) is 0 Å². The first-order chi connectivity index (χ1) is 8.16. The van der Waals surface area contributed by atoms with Crippen molar-refractivity contribution in [3.63, 3.8) is 0 Å². The summed E-state index contributed by atoms with van der Waals surface area (Å²) in [5.74, 6) is 0.797. The molecule has 1 saturated heterocycles. The third-order valence-electron chi connectivity index (χ3n) is 3.60. The van der Waals surface area contributed by atoms with E-state index >= 15 is 0 Å². The van der Waals surface area contributed by atoms with Gasteiger partial charge in [-0.15, -0.1) is 11.3 Å². The van der Waals surface area contributed by atoms with Crippen molar-refractivity contribution in [2.45, 2.75) is 39.7 Å². The quantitative estimate of drug-likeness (QED) is 0.887. The van der Waals surface area contributed by atoms with E-state index in [0.29, 0.717) is 6.04 Å². The summed E-state index contributed by atoms with van der Waals surface area (Å²) in [7, 11) is 0. The Bertz CT molecular complexity index is 355. The number of ether oxygens (including phenoxy) is 1. The minimum absolute atomic E-state index is 0.475. The summed E-state index contributed by atoms with van der Waals surface area (Å²) in [5, 5.41) is 3.67. The topological polar surface area (TPSA) is 21.3 Å². The van der Waals surface area contributed by atoms with E-state index in [1.54, 1.807) is 0 Å². The first-order valence-corrected chi connectivity index (χ1v) is 7.36. The predicted octanol–water partition coefficient (Wildman–Crippen LogP) is 3.44. The zero-order valence-electron chi connectivity index (χ0n) is 11.1. The second kappa shape index (κ2) is 5.98. The Morgan fingerprint density at radius 2 is 2.12 bits per heavy atom. The van der Waals surface area contributed by atoms with Crippen molar-refractivity contribution in [2.75, 3.05) is 19.8 Å². The molecule has 96 valence electrons. The summed E-state index contributed by atoms with van der Waals surface area (Å²) >= 11 is 1.90. The van der Waals surface area contributed by atoms with Gasteiger partial charge in [0.05, 0.1) is 0 Å². The summed E-state index contributed by atoms with van der Waals surface area (Å²) in [6.07, 6.45) is 2.42. The monoisotopic (exact) mass is 253 g/mol. The van der Waals surface area contributed by atoms with Gasteiger partial charge in [0, 0.05) is 29.0 Å². The molecular weight excluding hydrogens is 230 g/mol. The van der Waals surface area contributed by atoms with Crippen LogP contribution in [0.25, 0.3) is 0 Å². The lowest BCUT2D eigenvalue weighted by molar-refractivity contribution is 0.0656. The van der Waals surface area contributed by atoms with Crippen molar-refractivity contribution in [1.29, 1.82) is 0 Å². The van der Waals surface area contributed by atoms with Gasteiger partial charge in [0.1, 0.15) is 0 Å². The zero-order valence-corrected chi connectivity index (χ0v) is 11.9. The molecule has 1 aromatic heterocycles. The van der Waals surface area contributed by atoms with Crippen LogP contribution in [0.15, 0.2) is 6.07 Å². The molecular formula is C14H23NOS. The Labute approximate surface area is 108 Å². The van der Waals surface area contributed by atoms with Crippen molar-refractivity contribution in [3.8, 4) is 0 Å². The SMILES string of the molecule is Cc1cc(C(C)NCC2CCOCC2)c(C)s1. The summed E-state index contributed by atoms with van der Waals surface area (Å²) in [5.41, 5.74) is 1.47. The molecule has 0 bridgehead atoms. The number of thiophene rings is 1. The standard InChI is InChI=1S/C14H23NOS/c1-10-8-14(12(3)17-10)11(2)15-9-13-4-6-16-7-5-13/h8,11,13,15H,4-7,9H2,1-3H3. The molecule has 2 heterocycles. The van der Waals surface area contributed by atoms with Gasteiger partial charge in [-0.05, 0) is 57.7 Å². The number of rotatable bonds is 4. The minimum atomic E-state index is 0.475.